The number of carbonyl (C=O) groups is 1. The van der Waals surface area contributed by atoms with E-state index < -0.39 is 5.97 Å². The number of hydrogen-bond acceptors (Lipinski definition) is 4. The zero-order valence-corrected chi connectivity index (χ0v) is 18.9. The summed E-state index contributed by atoms with van der Waals surface area (Å²) < 4.78 is 5.25. The maximum Gasteiger partial charge on any atom is 0.335 e. The first kappa shape index (κ1) is 21.6. The monoisotopic (exact) mass is 448 g/mol. The molecule has 5 nitrogen and oxygen atoms in total. The molecule has 3 aromatic carbocycles. The molecular formula is C29H24N2O3. The summed E-state index contributed by atoms with van der Waals surface area (Å²) in [6.07, 6.45) is 6.22. The number of aromatic carboxylic acids is 1. The van der Waals surface area contributed by atoms with Crippen LogP contribution < -0.4 is 4.74 Å². The molecule has 0 aliphatic carbocycles. The second-order valence-corrected chi connectivity index (χ2v) is 8.43. The number of allylic oxidation sites excluding steroid dienone is 2. The van der Waals surface area contributed by atoms with Crippen LogP contribution in [0.3, 0.4) is 0 Å². The highest BCUT2D eigenvalue weighted by molar-refractivity contribution is 6.11. The van der Waals surface area contributed by atoms with Crippen LogP contribution in [0.4, 0.5) is 0 Å². The molecule has 0 atom stereocenters. The fraction of sp³-hybridized carbons (Fsp3) is 0.138. The van der Waals surface area contributed by atoms with E-state index in [1.165, 1.54) is 11.1 Å². The predicted octanol–water partition coefficient (Wildman–Crippen LogP) is 5.95. The zero-order chi connectivity index (χ0) is 23.5. The molecule has 5 heteroatoms. The number of ether oxygens (including phenoxy) is 1. The van der Waals surface area contributed by atoms with E-state index in [9.17, 15) is 4.79 Å². The minimum atomic E-state index is -0.907. The maximum atomic E-state index is 11.0. The molecule has 0 saturated carbocycles. The summed E-state index contributed by atoms with van der Waals surface area (Å²) in [4.78, 5) is 20.4. The fourth-order valence-corrected chi connectivity index (χ4v) is 4.25. The number of carboxylic acids is 1. The van der Waals surface area contributed by atoms with Crippen molar-refractivity contribution in [3.05, 3.63) is 119 Å². The van der Waals surface area contributed by atoms with Gasteiger partial charge < -0.3 is 9.84 Å². The quantitative estimate of drug-likeness (QED) is 0.486. The Morgan fingerprint density at radius 2 is 1.53 bits per heavy atom. The summed E-state index contributed by atoms with van der Waals surface area (Å²) in [6.45, 7) is 0. The maximum absolute atomic E-state index is 11.0. The van der Waals surface area contributed by atoms with Gasteiger partial charge in [-0.05, 0) is 70.2 Å². The summed E-state index contributed by atoms with van der Waals surface area (Å²) in [5, 5.41) is 9.07. The SMILES string of the molecule is COc1ccc(C2=CN=C(c3cccc(C4=NC=C(Cc5ccc(C(=O)O)cc5)C4)c3)C2)cc1. The minimum Gasteiger partial charge on any atom is -0.497 e. The van der Waals surface area contributed by atoms with Crippen molar-refractivity contribution in [3.8, 4) is 5.75 Å². The number of rotatable bonds is 7. The number of hydrogen-bond donors (Lipinski definition) is 1. The van der Waals surface area contributed by atoms with Gasteiger partial charge in [0.15, 0.2) is 0 Å². The summed E-state index contributed by atoms with van der Waals surface area (Å²) in [5.74, 6) is -0.0610. The van der Waals surface area contributed by atoms with E-state index in [1.807, 2.05) is 36.7 Å². The molecule has 0 bridgehead atoms. The third-order valence-electron chi connectivity index (χ3n) is 6.15. The molecule has 5 rings (SSSR count). The molecule has 1 N–H and O–H groups in total. The summed E-state index contributed by atoms with van der Waals surface area (Å²) in [6, 6.07) is 23.5. The Kier molecular flexibility index (Phi) is 5.91. The first-order valence-corrected chi connectivity index (χ1v) is 11.2. The highest BCUT2D eigenvalue weighted by atomic mass is 16.5. The van der Waals surface area contributed by atoms with Gasteiger partial charge in [-0.25, -0.2) is 4.79 Å². The van der Waals surface area contributed by atoms with Crippen molar-refractivity contribution in [1.82, 2.24) is 0 Å². The predicted molar refractivity (Wildman–Crippen MR) is 135 cm³/mol. The normalized spacial score (nSPS) is 14.9. The highest BCUT2D eigenvalue weighted by Gasteiger charge is 2.17. The molecule has 0 aromatic heterocycles. The molecule has 0 fully saturated rings. The van der Waals surface area contributed by atoms with Crippen LogP contribution in [0, 0.1) is 0 Å². The summed E-state index contributed by atoms with van der Waals surface area (Å²) >= 11 is 0. The van der Waals surface area contributed by atoms with E-state index in [1.54, 1.807) is 19.2 Å². The molecule has 168 valence electrons. The molecule has 2 aliphatic rings. The second-order valence-electron chi connectivity index (χ2n) is 8.43. The smallest absolute Gasteiger partial charge is 0.335 e. The average Bonchev–Trinajstić information content (AvgIpc) is 3.55. The van der Waals surface area contributed by atoms with Crippen LogP contribution in [0.15, 0.2) is 101 Å². The van der Waals surface area contributed by atoms with Crippen LogP contribution >= 0.6 is 0 Å². The van der Waals surface area contributed by atoms with Crippen molar-refractivity contribution in [2.75, 3.05) is 7.11 Å². The van der Waals surface area contributed by atoms with E-state index in [0.717, 1.165) is 58.7 Å². The minimum absolute atomic E-state index is 0.303. The van der Waals surface area contributed by atoms with Gasteiger partial charge in [0.05, 0.1) is 24.1 Å². The lowest BCUT2D eigenvalue weighted by molar-refractivity contribution is 0.0697. The van der Waals surface area contributed by atoms with Gasteiger partial charge in [0.25, 0.3) is 0 Å². The van der Waals surface area contributed by atoms with Gasteiger partial charge in [0.1, 0.15) is 5.75 Å². The first-order valence-electron chi connectivity index (χ1n) is 11.2. The molecule has 2 aliphatic heterocycles. The van der Waals surface area contributed by atoms with Crippen LogP contribution in [0.5, 0.6) is 5.75 Å². The van der Waals surface area contributed by atoms with Gasteiger partial charge in [0.2, 0.25) is 0 Å². The lowest BCUT2D eigenvalue weighted by atomic mass is 9.95. The van der Waals surface area contributed by atoms with Gasteiger partial charge in [-0.2, -0.15) is 0 Å². The standard InChI is InChI=1S/C29H24N2O3/c1-34-26-11-9-21(10-12-26)25-16-28(31-18-25)24-4-2-3-23(15-24)27-14-20(17-30-27)13-19-5-7-22(8-6-19)29(32)33/h2-12,15,17-18H,13-14,16H2,1H3,(H,32,33). The lowest BCUT2D eigenvalue weighted by Crippen LogP contribution is -2.04. The molecule has 0 radical (unpaired) electrons. The van der Waals surface area contributed by atoms with Crippen molar-refractivity contribution in [2.24, 2.45) is 9.98 Å². The molecule has 0 amide bonds. The van der Waals surface area contributed by atoms with Gasteiger partial charge in [-0.1, -0.05) is 42.5 Å². The van der Waals surface area contributed by atoms with Crippen LogP contribution in [0.2, 0.25) is 0 Å². The van der Waals surface area contributed by atoms with E-state index >= 15 is 0 Å². The number of methoxy groups -OCH3 is 1. The van der Waals surface area contributed by atoms with E-state index in [0.29, 0.717) is 5.56 Å². The summed E-state index contributed by atoms with van der Waals surface area (Å²) in [7, 11) is 1.67. The zero-order valence-electron chi connectivity index (χ0n) is 18.9. The van der Waals surface area contributed by atoms with Crippen molar-refractivity contribution in [2.45, 2.75) is 19.3 Å². The Balaban J connectivity index is 1.22. The van der Waals surface area contributed by atoms with Crippen LogP contribution in [-0.2, 0) is 6.42 Å². The van der Waals surface area contributed by atoms with Gasteiger partial charge >= 0.3 is 5.97 Å². The molecule has 0 unspecified atom stereocenters. The molecule has 3 aromatic rings. The Bertz CT molecular complexity index is 1360. The van der Waals surface area contributed by atoms with Crippen LogP contribution in [0.25, 0.3) is 5.57 Å². The number of aliphatic imine (C=N–C) groups is 2. The van der Waals surface area contributed by atoms with Gasteiger partial charge in [-0.15, -0.1) is 0 Å². The Morgan fingerprint density at radius 1 is 0.853 bits per heavy atom. The third kappa shape index (κ3) is 4.59. The number of carboxylic acid groups (broad SMARTS) is 1. The van der Waals surface area contributed by atoms with Gasteiger partial charge in [-0.3, -0.25) is 9.98 Å². The topological polar surface area (TPSA) is 71.2 Å². The highest BCUT2D eigenvalue weighted by Crippen LogP contribution is 2.29. The number of benzene rings is 3. The van der Waals surface area contributed by atoms with Crippen molar-refractivity contribution < 1.29 is 14.6 Å². The molecule has 34 heavy (non-hydrogen) atoms. The largest absolute Gasteiger partial charge is 0.497 e. The second kappa shape index (κ2) is 9.32. The van der Waals surface area contributed by atoms with E-state index in [-0.39, 0.29) is 0 Å². The van der Waals surface area contributed by atoms with Crippen molar-refractivity contribution in [3.63, 3.8) is 0 Å². The van der Waals surface area contributed by atoms with Crippen LogP contribution in [0.1, 0.15) is 45.5 Å². The van der Waals surface area contributed by atoms with E-state index in [4.69, 9.17) is 14.8 Å². The lowest BCUT2D eigenvalue weighted by Gasteiger charge is -2.08. The van der Waals surface area contributed by atoms with E-state index in [2.05, 4.69) is 41.4 Å². The Hall–Kier alpha value is -4.25. The Morgan fingerprint density at radius 3 is 2.21 bits per heavy atom. The molecular weight excluding hydrogens is 424 g/mol. The van der Waals surface area contributed by atoms with Crippen LogP contribution in [-0.4, -0.2) is 29.6 Å². The number of nitrogens with zero attached hydrogens (tertiary/aromatic N) is 2. The molecule has 0 spiro atoms. The van der Waals surface area contributed by atoms with Crippen molar-refractivity contribution in [1.29, 1.82) is 0 Å². The fourth-order valence-electron chi connectivity index (χ4n) is 4.25. The third-order valence-corrected chi connectivity index (χ3v) is 6.15. The summed E-state index contributed by atoms with van der Waals surface area (Å²) in [5.41, 5.74) is 9.25. The Labute approximate surface area is 198 Å². The average molecular weight is 449 g/mol. The molecule has 0 saturated heterocycles. The van der Waals surface area contributed by atoms with Crippen molar-refractivity contribution >= 4 is 23.0 Å². The molecule has 2 heterocycles. The van der Waals surface area contributed by atoms with Gasteiger partial charge in [0, 0.05) is 25.2 Å². The first-order chi connectivity index (χ1) is 16.6.